The molecule has 5 nitrogen and oxygen atoms in total. The SMILES string of the molecule is Cc1nc(-c2ccccc2)c(C(=O)N2CCC(C(N)=O)CC2)s1. The molecule has 2 aromatic rings. The molecule has 120 valence electrons. The maximum Gasteiger partial charge on any atom is 0.266 e. The Morgan fingerprint density at radius 1 is 1.22 bits per heavy atom. The van der Waals surface area contributed by atoms with Gasteiger partial charge in [-0.2, -0.15) is 0 Å². The van der Waals surface area contributed by atoms with E-state index < -0.39 is 0 Å². The third-order valence-corrected chi connectivity index (χ3v) is 5.12. The van der Waals surface area contributed by atoms with Gasteiger partial charge >= 0.3 is 0 Å². The van der Waals surface area contributed by atoms with Crippen molar-refractivity contribution in [1.82, 2.24) is 9.88 Å². The summed E-state index contributed by atoms with van der Waals surface area (Å²) in [6.45, 7) is 3.04. The fraction of sp³-hybridized carbons (Fsp3) is 0.353. The molecule has 2 N–H and O–H groups in total. The second-order valence-electron chi connectivity index (χ2n) is 5.75. The Hall–Kier alpha value is -2.21. The summed E-state index contributed by atoms with van der Waals surface area (Å²) in [6.07, 6.45) is 1.28. The number of nitrogens with zero attached hydrogens (tertiary/aromatic N) is 2. The summed E-state index contributed by atoms with van der Waals surface area (Å²) < 4.78 is 0. The number of nitrogens with two attached hydrogens (primary N) is 1. The van der Waals surface area contributed by atoms with Crippen LogP contribution < -0.4 is 5.73 Å². The molecule has 0 unspecified atom stereocenters. The summed E-state index contributed by atoms with van der Waals surface area (Å²) in [7, 11) is 0. The summed E-state index contributed by atoms with van der Waals surface area (Å²) >= 11 is 1.42. The first kappa shape index (κ1) is 15.7. The number of hydrogen-bond donors (Lipinski definition) is 1. The van der Waals surface area contributed by atoms with E-state index in [4.69, 9.17) is 5.73 Å². The van der Waals surface area contributed by atoms with Crippen molar-refractivity contribution in [3.8, 4) is 11.3 Å². The molecule has 23 heavy (non-hydrogen) atoms. The number of hydrogen-bond acceptors (Lipinski definition) is 4. The van der Waals surface area contributed by atoms with Crippen LogP contribution in [0.15, 0.2) is 30.3 Å². The largest absolute Gasteiger partial charge is 0.369 e. The molecule has 0 radical (unpaired) electrons. The molecule has 2 amide bonds. The molecule has 0 aliphatic carbocycles. The van der Waals surface area contributed by atoms with Crippen molar-refractivity contribution in [1.29, 1.82) is 0 Å². The number of likely N-dealkylation sites (tertiary alicyclic amines) is 1. The second-order valence-corrected chi connectivity index (χ2v) is 6.95. The highest BCUT2D eigenvalue weighted by Gasteiger charge is 2.29. The summed E-state index contributed by atoms with van der Waals surface area (Å²) in [5.74, 6) is -0.385. The van der Waals surface area contributed by atoms with E-state index in [2.05, 4.69) is 4.98 Å². The number of amides is 2. The van der Waals surface area contributed by atoms with Crippen molar-refractivity contribution in [3.05, 3.63) is 40.2 Å². The fourth-order valence-electron chi connectivity index (χ4n) is 2.87. The van der Waals surface area contributed by atoms with Gasteiger partial charge in [0.05, 0.1) is 10.7 Å². The number of piperidine rings is 1. The molecular weight excluding hydrogens is 310 g/mol. The Morgan fingerprint density at radius 3 is 2.48 bits per heavy atom. The Morgan fingerprint density at radius 2 is 1.87 bits per heavy atom. The van der Waals surface area contributed by atoms with E-state index in [1.165, 1.54) is 11.3 Å². The maximum absolute atomic E-state index is 12.9. The Bertz CT molecular complexity index is 719. The Balaban J connectivity index is 1.83. The highest BCUT2D eigenvalue weighted by atomic mass is 32.1. The van der Waals surface area contributed by atoms with Crippen LogP contribution in [0, 0.1) is 12.8 Å². The lowest BCUT2D eigenvalue weighted by Crippen LogP contribution is -2.41. The maximum atomic E-state index is 12.9. The van der Waals surface area contributed by atoms with Gasteiger partial charge in [0.15, 0.2) is 0 Å². The topological polar surface area (TPSA) is 76.3 Å². The summed E-state index contributed by atoms with van der Waals surface area (Å²) in [4.78, 5) is 31.1. The number of primary amides is 1. The van der Waals surface area contributed by atoms with Gasteiger partial charge < -0.3 is 10.6 Å². The van der Waals surface area contributed by atoms with Crippen molar-refractivity contribution in [2.45, 2.75) is 19.8 Å². The van der Waals surface area contributed by atoms with E-state index in [1.54, 1.807) is 4.90 Å². The number of thiazole rings is 1. The minimum absolute atomic E-state index is 0.00243. The van der Waals surface area contributed by atoms with Crippen LogP contribution >= 0.6 is 11.3 Å². The lowest BCUT2D eigenvalue weighted by molar-refractivity contribution is -0.123. The standard InChI is InChI=1S/C17H19N3O2S/c1-11-19-14(12-5-3-2-4-6-12)15(23-11)17(22)20-9-7-13(8-10-20)16(18)21/h2-6,13H,7-10H2,1H3,(H2,18,21). The van der Waals surface area contributed by atoms with Crippen LogP contribution in [0.2, 0.25) is 0 Å². The number of aromatic nitrogens is 1. The molecule has 6 heteroatoms. The van der Waals surface area contributed by atoms with Crippen LogP contribution in [-0.4, -0.2) is 34.8 Å². The first-order valence-corrected chi connectivity index (χ1v) is 8.49. The van der Waals surface area contributed by atoms with Crippen molar-refractivity contribution in [2.75, 3.05) is 13.1 Å². The molecule has 1 fully saturated rings. The number of carbonyl (C=O) groups excluding carboxylic acids is 2. The molecule has 1 aliphatic rings. The van der Waals surface area contributed by atoms with Gasteiger partial charge in [-0.1, -0.05) is 30.3 Å². The van der Waals surface area contributed by atoms with Gasteiger partial charge in [-0.3, -0.25) is 9.59 Å². The number of carbonyl (C=O) groups is 2. The van der Waals surface area contributed by atoms with Crippen LogP contribution in [0.3, 0.4) is 0 Å². The predicted octanol–water partition coefficient (Wildman–Crippen LogP) is 2.46. The number of aryl methyl sites for hydroxylation is 1. The average Bonchev–Trinajstić information content (AvgIpc) is 2.97. The normalized spacial score (nSPS) is 15.6. The lowest BCUT2D eigenvalue weighted by Gasteiger charge is -2.30. The summed E-state index contributed by atoms with van der Waals surface area (Å²) in [5, 5.41) is 0.874. The average molecular weight is 329 g/mol. The zero-order valence-corrected chi connectivity index (χ0v) is 13.8. The van der Waals surface area contributed by atoms with Gasteiger partial charge in [-0.25, -0.2) is 4.98 Å². The highest BCUT2D eigenvalue weighted by Crippen LogP contribution is 2.30. The minimum atomic E-state index is -0.268. The van der Waals surface area contributed by atoms with Crippen LogP contribution in [0.25, 0.3) is 11.3 Å². The van der Waals surface area contributed by atoms with E-state index in [-0.39, 0.29) is 17.7 Å². The molecule has 1 aliphatic heterocycles. The van der Waals surface area contributed by atoms with Gasteiger partial charge in [-0.15, -0.1) is 11.3 Å². The van der Waals surface area contributed by atoms with Crippen LogP contribution in [-0.2, 0) is 4.79 Å². The Labute approximate surface area is 139 Å². The van der Waals surface area contributed by atoms with Gasteiger partial charge in [0.1, 0.15) is 4.88 Å². The van der Waals surface area contributed by atoms with Crippen molar-refractivity contribution in [3.63, 3.8) is 0 Å². The van der Waals surface area contributed by atoms with Gasteiger partial charge in [0, 0.05) is 24.6 Å². The van der Waals surface area contributed by atoms with Crippen molar-refractivity contribution in [2.24, 2.45) is 11.7 Å². The number of benzene rings is 1. The molecule has 1 saturated heterocycles. The molecule has 2 heterocycles. The van der Waals surface area contributed by atoms with Crippen LogP contribution in [0.4, 0.5) is 0 Å². The van der Waals surface area contributed by atoms with E-state index >= 15 is 0 Å². The summed E-state index contributed by atoms with van der Waals surface area (Å²) in [6, 6.07) is 9.75. The van der Waals surface area contributed by atoms with E-state index in [9.17, 15) is 9.59 Å². The van der Waals surface area contributed by atoms with Crippen LogP contribution in [0.5, 0.6) is 0 Å². The van der Waals surface area contributed by atoms with Gasteiger partial charge in [-0.05, 0) is 19.8 Å². The third kappa shape index (κ3) is 3.27. The molecule has 1 aromatic carbocycles. The minimum Gasteiger partial charge on any atom is -0.369 e. The van der Waals surface area contributed by atoms with E-state index in [0.29, 0.717) is 30.8 Å². The smallest absolute Gasteiger partial charge is 0.266 e. The Kier molecular flexibility index (Phi) is 4.43. The third-order valence-electron chi connectivity index (χ3n) is 4.16. The highest BCUT2D eigenvalue weighted by molar-refractivity contribution is 7.14. The zero-order valence-electron chi connectivity index (χ0n) is 13.0. The molecule has 0 saturated carbocycles. The molecule has 1 aromatic heterocycles. The van der Waals surface area contributed by atoms with Crippen LogP contribution in [0.1, 0.15) is 27.5 Å². The van der Waals surface area contributed by atoms with Crippen molar-refractivity contribution < 1.29 is 9.59 Å². The molecule has 0 spiro atoms. The predicted molar refractivity (Wildman–Crippen MR) is 90.1 cm³/mol. The quantitative estimate of drug-likeness (QED) is 0.940. The van der Waals surface area contributed by atoms with Crippen molar-refractivity contribution >= 4 is 23.2 Å². The lowest BCUT2D eigenvalue weighted by atomic mass is 9.96. The molecular formula is C17H19N3O2S. The molecule has 3 rings (SSSR count). The zero-order chi connectivity index (χ0) is 16.4. The second kappa shape index (κ2) is 6.50. The first-order valence-electron chi connectivity index (χ1n) is 7.67. The first-order chi connectivity index (χ1) is 11.1. The van der Waals surface area contributed by atoms with Gasteiger partial charge in [0.2, 0.25) is 5.91 Å². The van der Waals surface area contributed by atoms with E-state index in [1.807, 2.05) is 37.3 Å². The summed E-state index contributed by atoms with van der Waals surface area (Å²) in [5.41, 5.74) is 7.05. The molecule has 0 bridgehead atoms. The fourth-order valence-corrected chi connectivity index (χ4v) is 3.78. The van der Waals surface area contributed by atoms with E-state index in [0.717, 1.165) is 16.3 Å². The van der Waals surface area contributed by atoms with Gasteiger partial charge in [0.25, 0.3) is 5.91 Å². The number of rotatable bonds is 3. The molecule has 0 atom stereocenters. The monoisotopic (exact) mass is 329 g/mol.